The summed E-state index contributed by atoms with van der Waals surface area (Å²) in [4.78, 5) is 11.9. The molecule has 0 spiro atoms. The standard InChI is InChI=1S/C15H14BrFN2O2/c16-14-8-10(17)4-5-13(14)15(20)19-6-7-21-12-3-1-2-11(18)9-12/h1-5,8-9H,6-7,18H2,(H,19,20). The zero-order valence-corrected chi connectivity index (χ0v) is 12.7. The largest absolute Gasteiger partial charge is 0.492 e. The summed E-state index contributed by atoms with van der Waals surface area (Å²) in [6.45, 7) is 0.644. The van der Waals surface area contributed by atoms with Gasteiger partial charge >= 0.3 is 0 Å². The number of nitrogens with two attached hydrogens (primary N) is 1. The SMILES string of the molecule is Nc1cccc(OCCNC(=O)c2ccc(F)cc2Br)c1. The van der Waals surface area contributed by atoms with Gasteiger partial charge in [-0.25, -0.2) is 4.39 Å². The molecular weight excluding hydrogens is 339 g/mol. The number of carbonyl (C=O) groups excluding carboxylic acids is 1. The van der Waals surface area contributed by atoms with Crippen LogP contribution in [0.4, 0.5) is 10.1 Å². The summed E-state index contributed by atoms with van der Waals surface area (Å²) in [5, 5.41) is 2.70. The molecule has 2 aromatic rings. The Kier molecular flexibility index (Phi) is 5.16. The Bertz CT molecular complexity index is 649. The summed E-state index contributed by atoms with van der Waals surface area (Å²) in [6, 6.07) is 11.0. The van der Waals surface area contributed by atoms with Crippen molar-refractivity contribution in [3.63, 3.8) is 0 Å². The molecule has 0 aromatic heterocycles. The van der Waals surface area contributed by atoms with E-state index in [0.717, 1.165) is 0 Å². The summed E-state index contributed by atoms with van der Waals surface area (Å²) in [7, 11) is 0. The molecule has 0 bridgehead atoms. The highest BCUT2D eigenvalue weighted by Crippen LogP contribution is 2.18. The molecular formula is C15H14BrFN2O2. The normalized spacial score (nSPS) is 10.2. The monoisotopic (exact) mass is 352 g/mol. The van der Waals surface area contributed by atoms with E-state index in [0.29, 0.717) is 34.6 Å². The van der Waals surface area contributed by atoms with Crippen molar-refractivity contribution in [2.45, 2.75) is 0 Å². The second-order valence-electron chi connectivity index (χ2n) is 4.30. The first-order valence-electron chi connectivity index (χ1n) is 6.28. The molecule has 0 unspecified atom stereocenters. The Morgan fingerprint density at radius 2 is 2.10 bits per heavy atom. The highest BCUT2D eigenvalue weighted by atomic mass is 79.9. The minimum atomic E-state index is -0.400. The molecule has 0 radical (unpaired) electrons. The minimum Gasteiger partial charge on any atom is -0.492 e. The molecule has 0 saturated heterocycles. The number of hydrogen-bond acceptors (Lipinski definition) is 3. The van der Waals surface area contributed by atoms with Crippen molar-refractivity contribution in [1.29, 1.82) is 0 Å². The van der Waals surface area contributed by atoms with E-state index in [2.05, 4.69) is 21.2 Å². The number of carbonyl (C=O) groups is 1. The van der Waals surface area contributed by atoms with Crippen LogP contribution >= 0.6 is 15.9 Å². The lowest BCUT2D eigenvalue weighted by Gasteiger charge is -2.09. The van der Waals surface area contributed by atoms with E-state index < -0.39 is 5.82 Å². The third kappa shape index (κ3) is 4.46. The fourth-order valence-corrected chi connectivity index (χ4v) is 2.24. The van der Waals surface area contributed by atoms with Crippen LogP contribution in [0.25, 0.3) is 0 Å². The lowest BCUT2D eigenvalue weighted by atomic mass is 10.2. The molecule has 110 valence electrons. The average molecular weight is 353 g/mol. The maximum absolute atomic E-state index is 12.9. The molecule has 0 atom stereocenters. The molecule has 0 fully saturated rings. The van der Waals surface area contributed by atoms with Crippen LogP contribution in [-0.2, 0) is 0 Å². The number of ether oxygens (including phenoxy) is 1. The van der Waals surface area contributed by atoms with Gasteiger partial charge in [-0.05, 0) is 46.3 Å². The first-order chi connectivity index (χ1) is 10.1. The number of anilines is 1. The Balaban J connectivity index is 1.82. The second-order valence-corrected chi connectivity index (χ2v) is 5.16. The molecule has 0 heterocycles. The van der Waals surface area contributed by atoms with Crippen molar-refractivity contribution < 1.29 is 13.9 Å². The summed E-state index contributed by atoms with van der Waals surface area (Å²) < 4.78 is 18.8. The van der Waals surface area contributed by atoms with Gasteiger partial charge in [0, 0.05) is 16.2 Å². The van der Waals surface area contributed by atoms with Gasteiger partial charge in [0.15, 0.2) is 0 Å². The van der Waals surface area contributed by atoms with E-state index >= 15 is 0 Å². The van der Waals surface area contributed by atoms with Gasteiger partial charge < -0.3 is 15.8 Å². The van der Waals surface area contributed by atoms with Gasteiger partial charge in [0.05, 0.1) is 12.1 Å². The maximum Gasteiger partial charge on any atom is 0.252 e. The number of benzene rings is 2. The highest BCUT2D eigenvalue weighted by molar-refractivity contribution is 9.10. The predicted octanol–water partition coefficient (Wildman–Crippen LogP) is 2.98. The van der Waals surface area contributed by atoms with Crippen molar-refractivity contribution in [2.24, 2.45) is 0 Å². The van der Waals surface area contributed by atoms with Gasteiger partial charge in [-0.15, -0.1) is 0 Å². The van der Waals surface area contributed by atoms with Crippen molar-refractivity contribution in [3.05, 3.63) is 58.3 Å². The van der Waals surface area contributed by atoms with Crippen molar-refractivity contribution in [1.82, 2.24) is 5.32 Å². The number of hydrogen-bond donors (Lipinski definition) is 2. The van der Waals surface area contributed by atoms with Gasteiger partial charge in [-0.1, -0.05) is 6.07 Å². The first-order valence-corrected chi connectivity index (χ1v) is 7.07. The smallest absolute Gasteiger partial charge is 0.252 e. The summed E-state index contributed by atoms with van der Waals surface area (Å²) in [5.41, 5.74) is 6.62. The van der Waals surface area contributed by atoms with Crippen LogP contribution in [0.3, 0.4) is 0 Å². The number of rotatable bonds is 5. The Hall–Kier alpha value is -2.08. The number of amides is 1. The van der Waals surface area contributed by atoms with Gasteiger partial charge in [0.25, 0.3) is 5.91 Å². The van der Waals surface area contributed by atoms with Crippen molar-refractivity contribution in [3.8, 4) is 5.75 Å². The molecule has 2 rings (SSSR count). The van der Waals surface area contributed by atoms with E-state index in [1.54, 1.807) is 24.3 Å². The maximum atomic E-state index is 12.9. The van der Waals surface area contributed by atoms with Crippen LogP contribution in [0.1, 0.15) is 10.4 Å². The van der Waals surface area contributed by atoms with Gasteiger partial charge in [0.1, 0.15) is 18.2 Å². The first kappa shape index (κ1) is 15.3. The van der Waals surface area contributed by atoms with Gasteiger partial charge in [0.2, 0.25) is 0 Å². The second kappa shape index (κ2) is 7.08. The molecule has 6 heteroatoms. The van der Waals surface area contributed by atoms with E-state index in [4.69, 9.17) is 10.5 Å². The van der Waals surface area contributed by atoms with Crippen LogP contribution in [0, 0.1) is 5.82 Å². The molecule has 3 N–H and O–H groups in total. The molecule has 4 nitrogen and oxygen atoms in total. The zero-order chi connectivity index (χ0) is 15.2. The fourth-order valence-electron chi connectivity index (χ4n) is 1.71. The Morgan fingerprint density at radius 1 is 1.29 bits per heavy atom. The van der Waals surface area contributed by atoms with Crippen LogP contribution in [0.15, 0.2) is 46.9 Å². The highest BCUT2D eigenvalue weighted by Gasteiger charge is 2.10. The third-order valence-corrected chi connectivity index (χ3v) is 3.35. The minimum absolute atomic E-state index is 0.293. The Morgan fingerprint density at radius 3 is 2.81 bits per heavy atom. The number of nitrogen functional groups attached to an aromatic ring is 1. The molecule has 0 saturated carbocycles. The fraction of sp³-hybridized carbons (Fsp3) is 0.133. The van der Waals surface area contributed by atoms with Gasteiger partial charge in [-0.3, -0.25) is 4.79 Å². The van der Waals surface area contributed by atoms with E-state index in [-0.39, 0.29) is 5.91 Å². The zero-order valence-electron chi connectivity index (χ0n) is 11.1. The average Bonchev–Trinajstić information content (AvgIpc) is 2.43. The lowest BCUT2D eigenvalue weighted by molar-refractivity contribution is 0.0946. The molecule has 0 aliphatic carbocycles. The predicted molar refractivity (Wildman–Crippen MR) is 82.8 cm³/mol. The van der Waals surface area contributed by atoms with E-state index in [1.807, 2.05) is 0 Å². The molecule has 0 aliphatic rings. The Labute approximate surface area is 130 Å². The van der Waals surface area contributed by atoms with Crippen LogP contribution < -0.4 is 15.8 Å². The quantitative estimate of drug-likeness (QED) is 0.642. The topological polar surface area (TPSA) is 64.3 Å². The number of nitrogens with one attached hydrogen (secondary N) is 1. The number of halogens is 2. The summed E-state index contributed by atoms with van der Waals surface area (Å²) >= 11 is 3.16. The van der Waals surface area contributed by atoms with Crippen LogP contribution in [0.2, 0.25) is 0 Å². The van der Waals surface area contributed by atoms with E-state index in [1.165, 1.54) is 18.2 Å². The molecule has 1 amide bonds. The van der Waals surface area contributed by atoms with Crippen molar-refractivity contribution in [2.75, 3.05) is 18.9 Å². The molecule has 0 aliphatic heterocycles. The van der Waals surface area contributed by atoms with E-state index in [9.17, 15) is 9.18 Å². The third-order valence-electron chi connectivity index (χ3n) is 2.69. The van der Waals surface area contributed by atoms with Crippen LogP contribution in [0.5, 0.6) is 5.75 Å². The summed E-state index contributed by atoms with van der Waals surface area (Å²) in [5.74, 6) is -0.0475. The summed E-state index contributed by atoms with van der Waals surface area (Å²) in [6.07, 6.45) is 0. The van der Waals surface area contributed by atoms with Crippen LogP contribution in [-0.4, -0.2) is 19.1 Å². The molecule has 2 aromatic carbocycles. The lowest BCUT2D eigenvalue weighted by Crippen LogP contribution is -2.28. The van der Waals surface area contributed by atoms with Crippen molar-refractivity contribution >= 4 is 27.5 Å². The van der Waals surface area contributed by atoms with Gasteiger partial charge in [-0.2, -0.15) is 0 Å². The molecule has 21 heavy (non-hydrogen) atoms.